The van der Waals surface area contributed by atoms with E-state index in [2.05, 4.69) is 69.1 Å². The molecule has 0 bridgehead atoms. The van der Waals surface area contributed by atoms with Gasteiger partial charge in [-0.05, 0) is 56.9 Å². The van der Waals surface area contributed by atoms with Crippen LogP contribution in [0.1, 0.15) is 29.2 Å². The molecule has 0 N–H and O–H groups in total. The minimum absolute atomic E-state index is 0. The first-order valence-corrected chi connectivity index (χ1v) is 7.21. The average Bonchev–Trinajstić information content (AvgIpc) is 2.42. The van der Waals surface area contributed by atoms with Crippen LogP contribution in [0.4, 0.5) is 11.4 Å². The molecule has 0 saturated carbocycles. The molecule has 0 saturated heterocycles. The molecule has 2 rings (SSSR count). The molecule has 3 heteroatoms. The molecule has 2 nitrogen and oxygen atoms in total. The Labute approximate surface area is 143 Å². The molecule has 0 atom stereocenters. The second kappa shape index (κ2) is 8.05. The summed E-state index contributed by atoms with van der Waals surface area (Å²) in [4.78, 5) is 9.30. The molecule has 118 valence electrons. The second-order valence-electron chi connectivity index (χ2n) is 5.49. The molecule has 0 spiro atoms. The first-order valence-electron chi connectivity index (χ1n) is 7.21. The largest absolute Gasteiger partial charge is 0.254 e. The van der Waals surface area contributed by atoms with Gasteiger partial charge < -0.3 is 0 Å². The summed E-state index contributed by atoms with van der Waals surface area (Å²) in [5, 5.41) is 0. The first kappa shape index (κ1) is 18.3. The van der Waals surface area contributed by atoms with Crippen LogP contribution in [0.5, 0.6) is 0 Å². The molecule has 0 unspecified atom stereocenters. The van der Waals surface area contributed by atoms with E-state index in [1.807, 2.05) is 13.1 Å². The quantitative estimate of drug-likeness (QED) is 0.528. The number of para-hydroxylation sites is 2. The van der Waals surface area contributed by atoms with E-state index >= 15 is 0 Å². The summed E-state index contributed by atoms with van der Waals surface area (Å²) in [5.41, 5.74) is 7.74. The van der Waals surface area contributed by atoms with E-state index in [9.17, 15) is 0 Å². The van der Waals surface area contributed by atoms with Gasteiger partial charge in [0.25, 0.3) is 0 Å². The van der Waals surface area contributed by atoms with Crippen LogP contribution in [0.3, 0.4) is 0 Å². The maximum Gasteiger partial charge on any atom is 0.0691 e. The summed E-state index contributed by atoms with van der Waals surface area (Å²) in [6.07, 6.45) is 1.85. The van der Waals surface area contributed by atoms with Gasteiger partial charge >= 0.3 is 0 Å². The van der Waals surface area contributed by atoms with E-state index in [0.29, 0.717) is 0 Å². The van der Waals surface area contributed by atoms with Gasteiger partial charge in [-0.2, -0.15) is 0 Å². The van der Waals surface area contributed by atoms with Gasteiger partial charge in [0.1, 0.15) is 0 Å². The number of aryl methyl sites for hydroxylation is 4. The average molecular weight is 337 g/mol. The molecular weight excluding hydrogens is 315 g/mol. The Kier molecular flexibility index (Phi) is 6.71. The van der Waals surface area contributed by atoms with Gasteiger partial charge in [0.15, 0.2) is 0 Å². The van der Waals surface area contributed by atoms with Crippen LogP contribution < -0.4 is 0 Å². The number of aliphatic imine (C=N–C) groups is 2. The van der Waals surface area contributed by atoms with Crippen molar-refractivity contribution in [1.29, 1.82) is 0 Å². The van der Waals surface area contributed by atoms with Crippen molar-refractivity contribution in [2.75, 3.05) is 0 Å². The van der Waals surface area contributed by atoms with Gasteiger partial charge in [0.2, 0.25) is 0 Å². The van der Waals surface area contributed by atoms with Crippen molar-refractivity contribution < 1.29 is 16.5 Å². The summed E-state index contributed by atoms with van der Waals surface area (Å²) in [7, 11) is 0. The van der Waals surface area contributed by atoms with Crippen molar-refractivity contribution in [3.05, 3.63) is 58.7 Å². The third-order valence-corrected chi connectivity index (χ3v) is 3.55. The van der Waals surface area contributed by atoms with Gasteiger partial charge in [-0.25, -0.2) is 0 Å². The maximum absolute atomic E-state index is 4.70. The van der Waals surface area contributed by atoms with E-state index in [1.165, 1.54) is 22.3 Å². The Bertz CT molecular complexity index is 675. The van der Waals surface area contributed by atoms with Gasteiger partial charge in [-0.3, -0.25) is 9.98 Å². The minimum Gasteiger partial charge on any atom is -0.254 e. The van der Waals surface area contributed by atoms with Gasteiger partial charge in [0, 0.05) is 22.7 Å². The third-order valence-electron chi connectivity index (χ3n) is 3.55. The Morgan fingerprint density at radius 1 is 0.773 bits per heavy atom. The van der Waals surface area contributed by atoms with Crippen molar-refractivity contribution >= 4 is 23.3 Å². The van der Waals surface area contributed by atoms with Gasteiger partial charge in [0.05, 0.1) is 17.1 Å². The standard InChI is InChI=1S/C19H22N2.Ni/c1-13-8-6-9-14(2)18(13)20-12-17(5)21-19-15(3)10-7-11-16(19)4;/h6-12H,1-5H3;. The van der Waals surface area contributed by atoms with Crippen molar-refractivity contribution in [3.8, 4) is 0 Å². The zero-order valence-electron chi connectivity index (χ0n) is 13.8. The zero-order chi connectivity index (χ0) is 15.4. The summed E-state index contributed by atoms with van der Waals surface area (Å²) in [5.74, 6) is 0. The number of hydrogen-bond acceptors (Lipinski definition) is 2. The molecule has 0 radical (unpaired) electrons. The predicted octanol–water partition coefficient (Wildman–Crippen LogP) is 5.41. The van der Waals surface area contributed by atoms with Crippen LogP contribution in [0.15, 0.2) is 46.4 Å². The summed E-state index contributed by atoms with van der Waals surface area (Å²) in [6.45, 7) is 10.3. The van der Waals surface area contributed by atoms with Crippen molar-refractivity contribution in [2.24, 2.45) is 9.98 Å². The molecule has 2 aromatic carbocycles. The zero-order valence-corrected chi connectivity index (χ0v) is 14.7. The molecular formula is C19H22N2Ni. The van der Waals surface area contributed by atoms with Crippen molar-refractivity contribution in [1.82, 2.24) is 0 Å². The molecule has 2 aromatic rings. The predicted molar refractivity (Wildman–Crippen MR) is 92.8 cm³/mol. The Morgan fingerprint density at radius 3 is 1.64 bits per heavy atom. The van der Waals surface area contributed by atoms with Gasteiger partial charge in [-0.15, -0.1) is 0 Å². The number of benzene rings is 2. The molecule has 0 aliphatic heterocycles. The van der Waals surface area contributed by atoms with Crippen LogP contribution in [-0.2, 0) is 16.5 Å². The van der Waals surface area contributed by atoms with Crippen molar-refractivity contribution in [2.45, 2.75) is 34.6 Å². The van der Waals surface area contributed by atoms with E-state index in [-0.39, 0.29) is 16.5 Å². The molecule has 0 amide bonds. The molecule has 0 aromatic heterocycles. The van der Waals surface area contributed by atoms with Crippen LogP contribution in [0, 0.1) is 27.7 Å². The number of rotatable bonds is 3. The first-order chi connectivity index (χ1) is 9.99. The Hall–Kier alpha value is -1.73. The van der Waals surface area contributed by atoms with Crippen LogP contribution in [-0.4, -0.2) is 11.9 Å². The van der Waals surface area contributed by atoms with E-state index < -0.39 is 0 Å². The summed E-state index contributed by atoms with van der Waals surface area (Å²) in [6, 6.07) is 12.4. The van der Waals surface area contributed by atoms with E-state index in [0.717, 1.165) is 17.1 Å². The number of hydrogen-bond donors (Lipinski definition) is 0. The normalized spacial score (nSPS) is 11.6. The Balaban J connectivity index is 0.00000242. The fourth-order valence-electron chi connectivity index (χ4n) is 2.35. The van der Waals surface area contributed by atoms with Crippen LogP contribution >= 0.6 is 0 Å². The molecule has 0 aliphatic rings. The fraction of sp³-hybridized carbons (Fsp3) is 0.263. The SMILES string of the molecule is CC(C=Nc1c(C)cccc1C)=Nc1c(C)cccc1C.[Ni]. The smallest absolute Gasteiger partial charge is 0.0691 e. The number of nitrogens with zero attached hydrogens (tertiary/aromatic N) is 2. The summed E-state index contributed by atoms with van der Waals surface area (Å²) < 4.78 is 0. The maximum atomic E-state index is 4.70. The topological polar surface area (TPSA) is 24.7 Å². The van der Waals surface area contributed by atoms with Crippen LogP contribution in [0.2, 0.25) is 0 Å². The third kappa shape index (κ3) is 4.38. The summed E-state index contributed by atoms with van der Waals surface area (Å²) >= 11 is 0. The monoisotopic (exact) mass is 336 g/mol. The Morgan fingerprint density at radius 2 is 1.18 bits per heavy atom. The second-order valence-corrected chi connectivity index (χ2v) is 5.49. The van der Waals surface area contributed by atoms with E-state index in [1.54, 1.807) is 0 Å². The molecule has 0 aliphatic carbocycles. The van der Waals surface area contributed by atoms with Gasteiger partial charge in [-0.1, -0.05) is 36.4 Å². The minimum atomic E-state index is 0. The molecule has 22 heavy (non-hydrogen) atoms. The molecule has 0 fully saturated rings. The fourth-order valence-corrected chi connectivity index (χ4v) is 2.35. The van der Waals surface area contributed by atoms with Crippen molar-refractivity contribution in [3.63, 3.8) is 0 Å². The van der Waals surface area contributed by atoms with E-state index in [4.69, 9.17) is 4.99 Å². The molecule has 0 heterocycles. The van der Waals surface area contributed by atoms with Crippen LogP contribution in [0.25, 0.3) is 0 Å².